The third-order valence-corrected chi connectivity index (χ3v) is 6.05. The minimum atomic E-state index is -0.879. The molecule has 1 unspecified atom stereocenters. The van der Waals surface area contributed by atoms with Crippen LogP contribution in [0.2, 0.25) is 0 Å². The molecule has 0 aromatic carbocycles. The first-order chi connectivity index (χ1) is 10.0. The van der Waals surface area contributed by atoms with E-state index >= 15 is 0 Å². The van der Waals surface area contributed by atoms with Crippen molar-refractivity contribution < 1.29 is 14.6 Å². The van der Waals surface area contributed by atoms with Gasteiger partial charge in [-0.25, -0.2) is 4.98 Å². The Morgan fingerprint density at radius 2 is 2.14 bits per heavy atom. The number of esters is 1. The summed E-state index contributed by atoms with van der Waals surface area (Å²) in [4.78, 5) is 16.1. The molecule has 21 heavy (non-hydrogen) atoms. The van der Waals surface area contributed by atoms with Crippen molar-refractivity contribution in [3.05, 3.63) is 15.0 Å². The van der Waals surface area contributed by atoms with Gasteiger partial charge in [0.15, 0.2) is 0 Å². The number of hydrogen-bond acceptors (Lipinski definition) is 5. The van der Waals surface area contributed by atoms with Gasteiger partial charge in [-0.05, 0) is 60.9 Å². The number of ether oxygens (including phenoxy) is 1. The number of halogens is 1. The van der Waals surface area contributed by atoms with Gasteiger partial charge in [0.25, 0.3) is 0 Å². The fraction of sp³-hybridized carbons (Fsp3) is 0.733. The zero-order valence-electron chi connectivity index (χ0n) is 12.5. The van der Waals surface area contributed by atoms with Gasteiger partial charge in [0.1, 0.15) is 10.6 Å². The number of aromatic nitrogens is 1. The molecule has 4 nitrogen and oxygen atoms in total. The Morgan fingerprint density at radius 1 is 1.48 bits per heavy atom. The van der Waals surface area contributed by atoms with Crippen LogP contribution < -0.4 is 0 Å². The lowest BCUT2D eigenvalue weighted by Gasteiger charge is -2.38. The fourth-order valence-corrected chi connectivity index (χ4v) is 4.58. The first kappa shape index (κ1) is 16.9. The summed E-state index contributed by atoms with van der Waals surface area (Å²) in [7, 11) is 0. The van der Waals surface area contributed by atoms with Crippen molar-refractivity contribution in [1.82, 2.24) is 4.98 Å². The Hall–Kier alpha value is -0.460. The largest absolute Gasteiger partial charge is 0.466 e. The summed E-state index contributed by atoms with van der Waals surface area (Å²) in [6.45, 7) is 4.26. The molecule has 2 rings (SSSR count). The lowest BCUT2D eigenvalue weighted by Crippen LogP contribution is -2.38. The summed E-state index contributed by atoms with van der Waals surface area (Å²) in [5.74, 6) is 0.0598. The number of rotatable bonds is 5. The second-order valence-electron chi connectivity index (χ2n) is 5.55. The van der Waals surface area contributed by atoms with E-state index < -0.39 is 5.60 Å². The average Bonchev–Trinajstić information content (AvgIpc) is 2.94. The van der Waals surface area contributed by atoms with Gasteiger partial charge in [-0.15, -0.1) is 11.3 Å². The molecular formula is C15H22BrNO3S. The number of aliphatic hydroxyl groups is 1. The maximum Gasteiger partial charge on any atom is 0.308 e. The van der Waals surface area contributed by atoms with E-state index in [1.165, 1.54) is 11.3 Å². The van der Waals surface area contributed by atoms with Crippen molar-refractivity contribution in [2.45, 2.75) is 51.6 Å². The van der Waals surface area contributed by atoms with E-state index in [1.54, 1.807) is 6.20 Å². The third-order valence-electron chi connectivity index (χ3n) is 4.41. The normalized spacial score (nSPS) is 25.3. The maximum atomic E-state index is 11.8. The van der Waals surface area contributed by atoms with E-state index in [2.05, 4.69) is 20.9 Å². The van der Waals surface area contributed by atoms with Crippen molar-refractivity contribution in [2.24, 2.45) is 11.8 Å². The highest BCUT2D eigenvalue weighted by Gasteiger charge is 2.42. The summed E-state index contributed by atoms with van der Waals surface area (Å²) >= 11 is 4.90. The molecular weight excluding hydrogens is 354 g/mol. The predicted octanol–water partition coefficient (Wildman–Crippen LogP) is 3.87. The Morgan fingerprint density at radius 3 is 2.62 bits per heavy atom. The van der Waals surface area contributed by atoms with Crippen molar-refractivity contribution in [3.63, 3.8) is 0 Å². The van der Waals surface area contributed by atoms with Crippen molar-refractivity contribution >= 4 is 33.2 Å². The minimum Gasteiger partial charge on any atom is -0.466 e. The molecule has 1 aliphatic carbocycles. The van der Waals surface area contributed by atoms with Crippen LogP contribution in [0, 0.1) is 11.8 Å². The van der Waals surface area contributed by atoms with Crippen LogP contribution in [0.15, 0.2) is 9.98 Å². The first-order valence-corrected chi connectivity index (χ1v) is 9.13. The molecule has 0 aliphatic heterocycles. The van der Waals surface area contributed by atoms with Crippen LogP contribution in [0.1, 0.15) is 51.0 Å². The van der Waals surface area contributed by atoms with Gasteiger partial charge in [-0.1, -0.05) is 6.92 Å². The Bertz CT molecular complexity index is 485. The average molecular weight is 376 g/mol. The molecule has 0 spiro atoms. The van der Waals surface area contributed by atoms with Gasteiger partial charge in [0.05, 0.1) is 22.5 Å². The highest BCUT2D eigenvalue weighted by Crippen LogP contribution is 2.44. The lowest BCUT2D eigenvalue weighted by molar-refractivity contribution is -0.150. The van der Waals surface area contributed by atoms with Gasteiger partial charge in [-0.2, -0.15) is 0 Å². The maximum absolute atomic E-state index is 11.8. The standard InChI is InChI=1S/C15H22BrNO3S/c1-3-15(19,14-17-9-12(16)21-14)11-7-5-10(6-8-11)13(18)20-4-2/h9-11,19H,3-8H2,1-2H3. The number of carbonyl (C=O) groups excluding carboxylic acids is 1. The molecule has 1 atom stereocenters. The zero-order valence-corrected chi connectivity index (χ0v) is 14.9. The summed E-state index contributed by atoms with van der Waals surface area (Å²) < 4.78 is 6.03. The quantitative estimate of drug-likeness (QED) is 0.793. The van der Waals surface area contributed by atoms with Gasteiger partial charge < -0.3 is 9.84 Å². The lowest BCUT2D eigenvalue weighted by atomic mass is 9.72. The highest BCUT2D eigenvalue weighted by molar-refractivity contribution is 9.11. The fourth-order valence-electron chi connectivity index (χ4n) is 3.14. The topological polar surface area (TPSA) is 59.4 Å². The van der Waals surface area contributed by atoms with E-state index in [0.29, 0.717) is 13.0 Å². The molecule has 1 aliphatic rings. The van der Waals surface area contributed by atoms with E-state index in [4.69, 9.17) is 4.74 Å². The molecule has 0 bridgehead atoms. The predicted molar refractivity (Wildman–Crippen MR) is 86.1 cm³/mol. The van der Waals surface area contributed by atoms with E-state index in [1.807, 2.05) is 13.8 Å². The number of thiazole rings is 1. The van der Waals surface area contributed by atoms with Gasteiger partial charge in [0, 0.05) is 0 Å². The summed E-state index contributed by atoms with van der Waals surface area (Å²) in [5, 5.41) is 11.8. The molecule has 1 saturated carbocycles. The third kappa shape index (κ3) is 3.66. The molecule has 6 heteroatoms. The molecule has 1 aromatic rings. The first-order valence-electron chi connectivity index (χ1n) is 7.52. The smallest absolute Gasteiger partial charge is 0.308 e. The molecule has 1 fully saturated rings. The molecule has 0 saturated heterocycles. The SMILES string of the molecule is CCOC(=O)C1CCC(C(O)(CC)c2ncc(Br)s2)CC1. The number of nitrogens with zero attached hydrogens (tertiary/aromatic N) is 1. The van der Waals surface area contributed by atoms with Crippen molar-refractivity contribution in [3.8, 4) is 0 Å². The van der Waals surface area contributed by atoms with Crippen LogP contribution in [-0.2, 0) is 15.1 Å². The minimum absolute atomic E-state index is 0.00895. The molecule has 0 amide bonds. The Labute approximate surface area is 138 Å². The van der Waals surface area contributed by atoms with E-state index in [-0.39, 0.29) is 17.8 Å². The van der Waals surface area contributed by atoms with Crippen LogP contribution in [0.25, 0.3) is 0 Å². The molecule has 1 aromatic heterocycles. The van der Waals surface area contributed by atoms with Gasteiger partial charge in [0.2, 0.25) is 0 Å². The Kier molecular flexibility index (Phi) is 5.80. The van der Waals surface area contributed by atoms with Crippen LogP contribution in [0.5, 0.6) is 0 Å². The second kappa shape index (κ2) is 7.20. The summed E-state index contributed by atoms with van der Waals surface area (Å²) in [6, 6.07) is 0. The molecule has 118 valence electrons. The molecule has 1 N–H and O–H groups in total. The summed E-state index contributed by atoms with van der Waals surface area (Å²) in [6.07, 6.45) is 5.64. The van der Waals surface area contributed by atoms with Crippen molar-refractivity contribution in [2.75, 3.05) is 6.61 Å². The summed E-state index contributed by atoms with van der Waals surface area (Å²) in [5.41, 5.74) is -0.879. The molecule has 1 heterocycles. The number of carbonyl (C=O) groups is 1. The van der Waals surface area contributed by atoms with E-state index in [0.717, 1.165) is 34.5 Å². The van der Waals surface area contributed by atoms with Crippen LogP contribution in [0.4, 0.5) is 0 Å². The van der Waals surface area contributed by atoms with E-state index in [9.17, 15) is 9.90 Å². The monoisotopic (exact) mass is 375 g/mol. The highest BCUT2D eigenvalue weighted by atomic mass is 79.9. The Balaban J connectivity index is 2.04. The van der Waals surface area contributed by atoms with Gasteiger partial charge in [-0.3, -0.25) is 4.79 Å². The van der Waals surface area contributed by atoms with Crippen LogP contribution in [0.3, 0.4) is 0 Å². The van der Waals surface area contributed by atoms with Gasteiger partial charge >= 0.3 is 5.97 Å². The number of hydrogen-bond donors (Lipinski definition) is 1. The van der Waals surface area contributed by atoms with Crippen LogP contribution >= 0.6 is 27.3 Å². The molecule has 0 radical (unpaired) electrons. The van der Waals surface area contributed by atoms with Crippen molar-refractivity contribution in [1.29, 1.82) is 0 Å². The zero-order chi connectivity index (χ0) is 15.5. The second-order valence-corrected chi connectivity index (χ2v) is 7.96. The van der Waals surface area contributed by atoms with Crippen LogP contribution in [-0.4, -0.2) is 22.7 Å².